The van der Waals surface area contributed by atoms with Gasteiger partial charge in [-0.3, -0.25) is 19.0 Å². The second-order valence-electron chi connectivity index (χ2n) is 8.39. The van der Waals surface area contributed by atoms with Crippen molar-refractivity contribution >= 4 is 39.1 Å². The zero-order valence-corrected chi connectivity index (χ0v) is 19.7. The van der Waals surface area contributed by atoms with Crippen molar-refractivity contribution in [1.82, 2.24) is 14.5 Å². The minimum atomic E-state index is -5.10. The fourth-order valence-corrected chi connectivity index (χ4v) is 5.01. The van der Waals surface area contributed by atoms with Gasteiger partial charge in [-0.1, -0.05) is 0 Å². The highest BCUT2D eigenvalue weighted by Crippen LogP contribution is 2.37. The van der Waals surface area contributed by atoms with Gasteiger partial charge in [0.05, 0.1) is 34.3 Å². The largest absolute Gasteiger partial charge is 0.416 e. The van der Waals surface area contributed by atoms with E-state index in [1.165, 1.54) is 11.8 Å². The van der Waals surface area contributed by atoms with Crippen LogP contribution in [0.2, 0.25) is 0 Å². The van der Waals surface area contributed by atoms with Gasteiger partial charge >= 0.3 is 12.4 Å². The third kappa shape index (κ3) is 5.45. The summed E-state index contributed by atoms with van der Waals surface area (Å²) < 4.78 is 92.7. The summed E-state index contributed by atoms with van der Waals surface area (Å²) in [6, 6.07) is 0.614. The van der Waals surface area contributed by atoms with E-state index < -0.39 is 59.3 Å². The lowest BCUT2D eigenvalue weighted by atomic mass is 10.1. The van der Waals surface area contributed by atoms with E-state index in [4.69, 9.17) is 0 Å². The lowest BCUT2D eigenvalue weighted by molar-refractivity contribution is -0.143. The van der Waals surface area contributed by atoms with Gasteiger partial charge in [-0.05, 0) is 37.1 Å². The highest BCUT2D eigenvalue weighted by atomic mass is 32.1. The van der Waals surface area contributed by atoms with Crippen molar-refractivity contribution in [2.75, 3.05) is 18.4 Å². The molecule has 0 spiro atoms. The van der Waals surface area contributed by atoms with Gasteiger partial charge in [-0.25, -0.2) is 9.37 Å². The maximum absolute atomic E-state index is 13.5. The predicted molar refractivity (Wildman–Crippen MR) is 119 cm³/mol. The number of halogens is 7. The first-order valence-corrected chi connectivity index (χ1v) is 11.5. The van der Waals surface area contributed by atoms with Crippen LogP contribution in [0.25, 0.3) is 10.2 Å². The van der Waals surface area contributed by atoms with Crippen LogP contribution >= 0.6 is 11.3 Å². The fraction of sp³-hybridized carbons (Fsp3) is 0.364. The van der Waals surface area contributed by atoms with Gasteiger partial charge in [0.2, 0.25) is 5.91 Å². The van der Waals surface area contributed by atoms with Crippen molar-refractivity contribution < 1.29 is 40.3 Å². The monoisotopic (exact) mass is 550 g/mol. The molecule has 1 N–H and O–H groups in total. The summed E-state index contributed by atoms with van der Waals surface area (Å²) in [4.78, 5) is 43.9. The maximum Gasteiger partial charge on any atom is 0.416 e. The summed E-state index contributed by atoms with van der Waals surface area (Å²) >= 11 is 0.920. The molecule has 198 valence electrons. The molecule has 15 heteroatoms. The van der Waals surface area contributed by atoms with Crippen molar-refractivity contribution in [1.29, 1.82) is 0 Å². The number of hydrogen-bond acceptors (Lipinski definition) is 5. The Morgan fingerprint density at radius 3 is 2.27 bits per heavy atom. The summed E-state index contributed by atoms with van der Waals surface area (Å²) in [6.45, 7) is 0.866. The number of anilines is 1. The van der Waals surface area contributed by atoms with E-state index in [-0.39, 0.29) is 46.2 Å². The Kier molecular flexibility index (Phi) is 6.77. The van der Waals surface area contributed by atoms with Crippen LogP contribution in [0.4, 0.5) is 36.4 Å². The van der Waals surface area contributed by atoms with Gasteiger partial charge < -0.3 is 10.2 Å². The quantitative estimate of drug-likeness (QED) is 0.481. The maximum atomic E-state index is 13.5. The Morgan fingerprint density at radius 1 is 1.11 bits per heavy atom. The van der Waals surface area contributed by atoms with E-state index in [9.17, 15) is 45.1 Å². The first-order valence-electron chi connectivity index (χ1n) is 10.7. The Morgan fingerprint density at radius 2 is 1.73 bits per heavy atom. The molecule has 3 heterocycles. The number of thiophene rings is 1. The molecular formula is C22H17F7N4O3S. The van der Waals surface area contributed by atoms with E-state index in [0.29, 0.717) is 12.1 Å². The standard InChI is InChI=1S/C22H17F7N4O3S/c1-10-16-18(37-17(10)20(36)32-3-2-13(23)7-32)30-9-33(19(16)35)8-15(34)31-14-5-11(21(24,25)26)4-12(6-14)22(27,28)29/h4-6,9,13H,2-3,7-8H2,1H3,(H,31,34)/t13-/m0/s1. The second-order valence-corrected chi connectivity index (χ2v) is 9.39. The zero-order chi connectivity index (χ0) is 27.3. The molecule has 0 bridgehead atoms. The minimum Gasteiger partial charge on any atom is -0.335 e. The van der Waals surface area contributed by atoms with Crippen LogP contribution in [0.15, 0.2) is 29.3 Å². The van der Waals surface area contributed by atoms with Crippen LogP contribution in [0.1, 0.15) is 32.8 Å². The lowest BCUT2D eigenvalue weighted by Gasteiger charge is -2.15. The first kappa shape index (κ1) is 26.6. The normalized spacial score (nSPS) is 16.4. The van der Waals surface area contributed by atoms with Gasteiger partial charge in [0.15, 0.2) is 0 Å². The Labute approximate surface area is 207 Å². The van der Waals surface area contributed by atoms with E-state index in [1.54, 1.807) is 0 Å². The van der Waals surface area contributed by atoms with Crippen LogP contribution in [0.5, 0.6) is 0 Å². The smallest absolute Gasteiger partial charge is 0.335 e. The van der Waals surface area contributed by atoms with Crippen molar-refractivity contribution in [2.45, 2.75) is 38.4 Å². The molecule has 1 atom stereocenters. The topological polar surface area (TPSA) is 84.3 Å². The van der Waals surface area contributed by atoms with Crippen molar-refractivity contribution in [3.8, 4) is 0 Å². The summed E-state index contributed by atoms with van der Waals surface area (Å²) in [5.74, 6) is -1.54. The van der Waals surface area contributed by atoms with Gasteiger partial charge in [0, 0.05) is 12.2 Å². The summed E-state index contributed by atoms with van der Waals surface area (Å²) in [6.07, 6.45) is -10.2. The van der Waals surface area contributed by atoms with Crippen molar-refractivity contribution in [3.05, 3.63) is 56.4 Å². The second kappa shape index (κ2) is 9.43. The molecule has 0 radical (unpaired) electrons. The Bertz CT molecular complexity index is 1410. The van der Waals surface area contributed by atoms with Crippen LogP contribution in [-0.4, -0.2) is 45.5 Å². The van der Waals surface area contributed by atoms with E-state index in [1.807, 2.05) is 5.32 Å². The third-order valence-electron chi connectivity index (χ3n) is 5.71. The summed E-state index contributed by atoms with van der Waals surface area (Å²) in [7, 11) is 0. The third-order valence-corrected chi connectivity index (χ3v) is 6.90. The molecule has 1 aromatic carbocycles. The summed E-state index contributed by atoms with van der Waals surface area (Å²) in [5, 5.41) is 1.98. The molecular weight excluding hydrogens is 533 g/mol. The Balaban J connectivity index is 1.60. The number of rotatable bonds is 4. The number of amides is 2. The van der Waals surface area contributed by atoms with E-state index in [2.05, 4.69) is 4.98 Å². The van der Waals surface area contributed by atoms with Gasteiger partial charge in [0.1, 0.15) is 17.5 Å². The van der Waals surface area contributed by atoms with E-state index >= 15 is 0 Å². The average Bonchev–Trinajstić information content (AvgIpc) is 3.37. The fourth-order valence-electron chi connectivity index (χ4n) is 3.90. The van der Waals surface area contributed by atoms with Crippen LogP contribution in [0.3, 0.4) is 0 Å². The molecule has 0 saturated carbocycles. The zero-order valence-electron chi connectivity index (χ0n) is 18.8. The predicted octanol–water partition coefficient (Wildman–Crippen LogP) is 4.63. The average molecular weight is 550 g/mol. The van der Waals surface area contributed by atoms with Crippen LogP contribution < -0.4 is 10.9 Å². The molecule has 0 unspecified atom stereocenters. The highest BCUT2D eigenvalue weighted by molar-refractivity contribution is 7.20. The molecule has 1 aliphatic rings. The minimum absolute atomic E-state index is 0.0260. The molecule has 37 heavy (non-hydrogen) atoms. The van der Waals surface area contributed by atoms with Crippen LogP contribution in [0, 0.1) is 6.92 Å². The molecule has 7 nitrogen and oxygen atoms in total. The molecule has 1 saturated heterocycles. The molecule has 3 aromatic rings. The van der Waals surface area contributed by atoms with E-state index in [0.717, 1.165) is 22.2 Å². The number of carbonyl (C=O) groups excluding carboxylic acids is 2. The Hall–Kier alpha value is -3.49. The van der Waals surface area contributed by atoms with Gasteiger partial charge in [-0.15, -0.1) is 11.3 Å². The molecule has 1 fully saturated rings. The number of nitrogens with zero attached hydrogens (tertiary/aromatic N) is 3. The number of carbonyl (C=O) groups is 2. The number of likely N-dealkylation sites (tertiary alicyclic amines) is 1. The lowest BCUT2D eigenvalue weighted by Crippen LogP contribution is -2.29. The summed E-state index contributed by atoms with van der Waals surface area (Å²) in [5.41, 5.74) is -4.45. The molecule has 4 rings (SSSR count). The number of fused-ring (bicyclic) bond motifs is 1. The number of alkyl halides is 7. The first-order chi connectivity index (χ1) is 17.1. The SMILES string of the molecule is Cc1c(C(=O)N2CC[C@H](F)C2)sc2ncn(CC(=O)Nc3cc(C(F)(F)F)cc(C(F)(F)F)c3)c(=O)c12. The van der Waals surface area contributed by atoms with Gasteiger partial charge in [-0.2, -0.15) is 26.3 Å². The number of aromatic nitrogens is 2. The van der Waals surface area contributed by atoms with Crippen LogP contribution in [-0.2, 0) is 23.7 Å². The molecule has 0 aliphatic carbocycles. The molecule has 2 amide bonds. The van der Waals surface area contributed by atoms with Crippen molar-refractivity contribution in [3.63, 3.8) is 0 Å². The number of nitrogens with one attached hydrogen (secondary N) is 1. The highest BCUT2D eigenvalue weighted by Gasteiger charge is 2.37. The number of aryl methyl sites for hydroxylation is 1. The molecule has 2 aromatic heterocycles. The number of benzene rings is 1. The van der Waals surface area contributed by atoms with Crippen molar-refractivity contribution in [2.24, 2.45) is 0 Å². The number of hydrogen-bond donors (Lipinski definition) is 1. The van der Waals surface area contributed by atoms with Gasteiger partial charge in [0.25, 0.3) is 11.5 Å². The molecule has 1 aliphatic heterocycles.